The van der Waals surface area contributed by atoms with E-state index in [1.165, 1.54) is 116 Å². The van der Waals surface area contributed by atoms with Crippen LogP contribution in [0.1, 0.15) is 220 Å². The Morgan fingerprint density at radius 3 is 0.902 bits per heavy atom. The van der Waals surface area contributed by atoms with Crippen molar-refractivity contribution < 1.29 is 29.4 Å². The molecule has 0 aliphatic heterocycles. The summed E-state index contributed by atoms with van der Waals surface area (Å²) in [5, 5.41) is 20.4. The van der Waals surface area contributed by atoms with Crippen LogP contribution in [0.25, 0.3) is 0 Å². The number of aliphatic carboxylic acids is 2. The monoisotopic (exact) mass is 824 g/mol. The third-order valence-corrected chi connectivity index (χ3v) is 12.7. The molecule has 0 amide bonds. The molecule has 0 fully saturated rings. The Balaban J connectivity index is -0.000000731. The number of hydrogen-bond donors (Lipinski definition) is 0. The third-order valence-electron chi connectivity index (χ3n) is 8.70. The maximum absolute atomic E-state index is 10.8. The summed E-state index contributed by atoms with van der Waals surface area (Å²) in [6.07, 6.45) is 43.3. The van der Waals surface area contributed by atoms with E-state index in [9.17, 15) is 29.4 Å². The first kappa shape index (κ1) is 53.9. The fourth-order valence-electron chi connectivity index (χ4n) is 5.29. The number of Topliss-reactive ketones (excluding diaryl/α,β-unsaturated/α-hetero) is 2. The molecule has 0 aromatic carbocycles. The van der Waals surface area contributed by atoms with Gasteiger partial charge in [-0.05, 0) is 64.2 Å². The number of rotatable bonds is 36. The van der Waals surface area contributed by atoms with E-state index in [1.54, 1.807) is 8.87 Å². The predicted octanol–water partition coefficient (Wildman–Crippen LogP) is 11.0. The molecule has 51 heavy (non-hydrogen) atoms. The molecule has 0 aromatic rings. The molecular weight excluding hydrogens is 743 g/mol. The fraction of sp³-hybridized carbons (Fsp3) is 0.818. The van der Waals surface area contributed by atoms with Crippen LogP contribution in [0.5, 0.6) is 0 Å². The van der Waals surface area contributed by atoms with E-state index in [1.807, 2.05) is 0 Å². The van der Waals surface area contributed by atoms with Crippen molar-refractivity contribution >= 4 is 44.6 Å². The van der Waals surface area contributed by atoms with Crippen LogP contribution in [0, 0.1) is 0 Å². The van der Waals surface area contributed by atoms with Gasteiger partial charge in [0.1, 0.15) is 11.9 Å². The Bertz CT molecular complexity index is 756. The summed E-state index contributed by atoms with van der Waals surface area (Å²) >= 11 is 0.149. The second kappa shape index (κ2) is 48.6. The van der Waals surface area contributed by atoms with Gasteiger partial charge in [-0.3, -0.25) is 9.59 Å². The van der Waals surface area contributed by atoms with Crippen LogP contribution in [0.3, 0.4) is 0 Å². The van der Waals surface area contributed by atoms with Crippen LogP contribution in [-0.2, 0) is 19.2 Å². The van der Waals surface area contributed by atoms with E-state index in [0.29, 0.717) is 12.8 Å². The van der Waals surface area contributed by atoms with Crippen molar-refractivity contribution in [3.05, 3.63) is 24.3 Å². The van der Waals surface area contributed by atoms with Crippen molar-refractivity contribution in [2.75, 3.05) is 0 Å². The van der Waals surface area contributed by atoms with E-state index in [2.05, 4.69) is 52.0 Å². The van der Waals surface area contributed by atoms with E-state index in [0.717, 1.165) is 51.4 Å². The Kier molecular flexibility index (Phi) is 51.3. The van der Waals surface area contributed by atoms with Gasteiger partial charge in [0.15, 0.2) is 11.6 Å². The summed E-state index contributed by atoms with van der Waals surface area (Å²) in [5.41, 5.74) is 0. The number of carbonyl (C=O) groups is 4. The summed E-state index contributed by atoms with van der Waals surface area (Å²) in [4.78, 5) is 42.0. The van der Waals surface area contributed by atoms with Crippen LogP contribution >= 0.6 is 0 Å². The van der Waals surface area contributed by atoms with Crippen LogP contribution in [0.4, 0.5) is 0 Å². The summed E-state index contributed by atoms with van der Waals surface area (Å²) < 4.78 is 3.25. The number of carbonyl (C=O) groups excluding carboxylic acids is 4. The average Bonchev–Trinajstić information content (AvgIpc) is 3.12. The van der Waals surface area contributed by atoms with E-state index in [4.69, 9.17) is 0 Å². The minimum absolute atomic E-state index is 0.121. The first-order valence-electron chi connectivity index (χ1n) is 21.3. The SMILES string of the molecule is CCCCCCCC/C=C\CCCCCCC(=O)C(=O)[O-].CCCCCCCC/C=C\CCCCCCC(=O)C(=O)[O-].CCC[CH2][Sn+2][CH2]CCC. The van der Waals surface area contributed by atoms with Gasteiger partial charge in [-0.2, -0.15) is 0 Å². The Labute approximate surface area is 326 Å². The molecule has 7 heteroatoms. The molecule has 0 spiro atoms. The van der Waals surface area contributed by atoms with E-state index < -0.39 is 23.5 Å². The summed E-state index contributed by atoms with van der Waals surface area (Å²) in [6.45, 7) is 9.06. The standard InChI is InChI=1S/2C18H32O3.2C4H9.Sn/c2*1-2-3-4-5-6-7-8-9-10-11-12-13-14-15-16-17(19)18(20)21;2*1-3-4-2;/h2*9-10H,2-8,11-16H2,1H3,(H,20,21);2*1,3-4H2,2H3;/q;;;;+2/p-2/b2*10-9-;;;. The molecule has 0 aromatic heterocycles. The van der Waals surface area contributed by atoms with Crippen molar-refractivity contribution in [1.82, 2.24) is 0 Å². The van der Waals surface area contributed by atoms with Crippen LogP contribution < -0.4 is 10.2 Å². The Morgan fingerprint density at radius 1 is 0.373 bits per heavy atom. The van der Waals surface area contributed by atoms with Gasteiger partial charge in [0.2, 0.25) is 0 Å². The van der Waals surface area contributed by atoms with Gasteiger partial charge >= 0.3 is 69.5 Å². The number of unbranched alkanes of at least 4 members (excludes halogenated alkanes) is 22. The van der Waals surface area contributed by atoms with Gasteiger partial charge in [-0.1, -0.05) is 128 Å². The Morgan fingerprint density at radius 2 is 0.627 bits per heavy atom. The third kappa shape index (κ3) is 53.0. The molecule has 0 saturated carbocycles. The summed E-state index contributed by atoms with van der Waals surface area (Å²) in [7, 11) is 0. The van der Waals surface area contributed by atoms with Crippen molar-refractivity contribution in [2.24, 2.45) is 0 Å². The van der Waals surface area contributed by atoms with Crippen molar-refractivity contribution in [3.8, 4) is 0 Å². The first-order chi connectivity index (χ1) is 24.8. The van der Waals surface area contributed by atoms with E-state index in [-0.39, 0.29) is 34.0 Å². The van der Waals surface area contributed by atoms with Gasteiger partial charge in [-0.15, -0.1) is 0 Å². The molecule has 0 aliphatic rings. The van der Waals surface area contributed by atoms with E-state index >= 15 is 0 Å². The molecule has 0 saturated heterocycles. The maximum atomic E-state index is 10.8. The average molecular weight is 824 g/mol. The second-order valence-corrected chi connectivity index (χ2v) is 18.1. The molecule has 0 N–H and O–H groups in total. The van der Waals surface area contributed by atoms with Gasteiger partial charge < -0.3 is 19.8 Å². The zero-order valence-electron chi connectivity index (χ0n) is 33.9. The molecule has 296 valence electrons. The van der Waals surface area contributed by atoms with Crippen molar-refractivity contribution in [2.45, 2.75) is 229 Å². The summed E-state index contributed by atoms with van der Waals surface area (Å²) in [6, 6.07) is 0. The number of hydrogen-bond acceptors (Lipinski definition) is 6. The van der Waals surface area contributed by atoms with Gasteiger partial charge in [-0.25, -0.2) is 0 Å². The molecule has 0 bridgehead atoms. The van der Waals surface area contributed by atoms with Crippen LogP contribution in [-0.4, -0.2) is 44.6 Å². The topological polar surface area (TPSA) is 114 Å². The fourth-order valence-corrected chi connectivity index (χ4v) is 9.45. The molecular formula is C44H80O6Sn. The molecule has 0 atom stereocenters. The zero-order valence-corrected chi connectivity index (χ0v) is 36.7. The molecule has 6 nitrogen and oxygen atoms in total. The molecule has 0 rings (SSSR count). The second-order valence-electron chi connectivity index (χ2n) is 13.8. The normalized spacial score (nSPS) is 10.7. The minimum atomic E-state index is -1.55. The predicted molar refractivity (Wildman–Crippen MR) is 215 cm³/mol. The van der Waals surface area contributed by atoms with Crippen LogP contribution in [0.15, 0.2) is 24.3 Å². The number of allylic oxidation sites excluding steroid dienone is 4. The Hall–Kier alpha value is -1.44. The van der Waals surface area contributed by atoms with Crippen molar-refractivity contribution in [3.63, 3.8) is 0 Å². The summed E-state index contributed by atoms with van der Waals surface area (Å²) in [5.74, 6) is -4.64. The number of carboxylic acid groups (broad SMARTS) is 2. The molecule has 0 radical (unpaired) electrons. The van der Waals surface area contributed by atoms with Gasteiger partial charge in [0.25, 0.3) is 0 Å². The number of ketones is 2. The first-order valence-corrected chi connectivity index (χ1v) is 25.3. The van der Waals surface area contributed by atoms with Crippen molar-refractivity contribution in [1.29, 1.82) is 0 Å². The zero-order chi connectivity index (χ0) is 38.5. The number of carboxylic acids is 2. The molecule has 0 aliphatic carbocycles. The molecule has 0 heterocycles. The van der Waals surface area contributed by atoms with Gasteiger partial charge in [0, 0.05) is 12.8 Å². The van der Waals surface area contributed by atoms with Crippen LogP contribution in [0.2, 0.25) is 8.87 Å². The quantitative estimate of drug-likeness (QED) is 0.0269. The van der Waals surface area contributed by atoms with Gasteiger partial charge in [0.05, 0.1) is 0 Å². The molecule has 0 unspecified atom stereocenters.